The van der Waals surface area contributed by atoms with Gasteiger partial charge in [-0.15, -0.1) is 0 Å². The van der Waals surface area contributed by atoms with Crippen LogP contribution in [0, 0.1) is 19.8 Å². The van der Waals surface area contributed by atoms with Gasteiger partial charge in [-0.05, 0) is 68.5 Å². The fourth-order valence-corrected chi connectivity index (χ4v) is 4.16. The maximum absolute atomic E-state index is 13.5. The predicted octanol–water partition coefficient (Wildman–Crippen LogP) is 5.09. The molecule has 0 spiro atoms. The van der Waals surface area contributed by atoms with Crippen LogP contribution in [0.1, 0.15) is 47.6 Å². The number of benzene rings is 1. The van der Waals surface area contributed by atoms with Crippen molar-refractivity contribution in [3.8, 4) is 22.8 Å². The smallest absolute Gasteiger partial charge is 0.280 e. The van der Waals surface area contributed by atoms with E-state index < -0.39 is 6.43 Å². The maximum Gasteiger partial charge on any atom is 0.280 e. The number of methoxy groups -OCH3 is 1. The number of hydrogen-bond donors (Lipinski definition) is 0. The summed E-state index contributed by atoms with van der Waals surface area (Å²) in [5.74, 6) is 1.77. The zero-order chi connectivity index (χ0) is 23.8. The highest BCUT2D eigenvalue weighted by Crippen LogP contribution is 2.34. The zero-order valence-corrected chi connectivity index (χ0v) is 19.4. The van der Waals surface area contributed by atoms with E-state index in [4.69, 9.17) is 9.84 Å². The highest BCUT2D eigenvalue weighted by atomic mass is 19.3. The summed E-state index contributed by atoms with van der Waals surface area (Å²) in [5.41, 5.74) is 5.14. The number of alkyl halides is 2. The molecule has 34 heavy (non-hydrogen) atoms. The number of ether oxygens (including phenoxy) is 1. The Morgan fingerprint density at radius 1 is 1.06 bits per heavy atom. The van der Waals surface area contributed by atoms with E-state index in [1.165, 1.54) is 29.9 Å². The normalized spacial score (nSPS) is 13.6. The SMILES string of the molecule is COc1ccc(-c2nn(CC3CC3)c(Cc3cc(-n4nc(C)cc4C(F)F)ncn3)c2C)cc1. The van der Waals surface area contributed by atoms with Crippen LogP contribution in [-0.4, -0.2) is 36.6 Å². The van der Waals surface area contributed by atoms with Crippen molar-refractivity contribution in [1.29, 1.82) is 0 Å². The highest BCUT2D eigenvalue weighted by Gasteiger charge is 2.26. The van der Waals surface area contributed by atoms with Gasteiger partial charge >= 0.3 is 0 Å². The molecule has 0 unspecified atom stereocenters. The van der Waals surface area contributed by atoms with Crippen LogP contribution in [0.5, 0.6) is 5.75 Å². The van der Waals surface area contributed by atoms with E-state index in [2.05, 4.69) is 26.7 Å². The summed E-state index contributed by atoms with van der Waals surface area (Å²) in [6.07, 6.45) is 1.69. The summed E-state index contributed by atoms with van der Waals surface area (Å²) in [6.45, 7) is 4.61. The second-order valence-electron chi connectivity index (χ2n) is 8.74. The summed E-state index contributed by atoms with van der Waals surface area (Å²) in [4.78, 5) is 8.63. The first-order chi connectivity index (χ1) is 16.4. The number of hydrogen-bond acceptors (Lipinski definition) is 5. The molecular weight excluding hydrogens is 438 g/mol. The molecule has 1 aliphatic carbocycles. The maximum atomic E-state index is 13.5. The molecule has 0 aliphatic heterocycles. The van der Waals surface area contributed by atoms with Crippen LogP contribution in [0.4, 0.5) is 8.78 Å². The number of aryl methyl sites for hydroxylation is 1. The van der Waals surface area contributed by atoms with Crippen LogP contribution in [0.2, 0.25) is 0 Å². The molecule has 0 atom stereocenters. The van der Waals surface area contributed by atoms with Crippen molar-refractivity contribution in [2.45, 2.75) is 46.1 Å². The fourth-order valence-electron chi connectivity index (χ4n) is 4.16. The summed E-state index contributed by atoms with van der Waals surface area (Å²) >= 11 is 0. The molecule has 3 aromatic heterocycles. The van der Waals surface area contributed by atoms with Crippen molar-refractivity contribution in [2.24, 2.45) is 5.92 Å². The molecule has 1 saturated carbocycles. The molecule has 1 aliphatic rings. The molecule has 7 nitrogen and oxygen atoms in total. The van der Waals surface area contributed by atoms with Gasteiger partial charge in [0.25, 0.3) is 6.43 Å². The molecule has 1 aromatic carbocycles. The third-order valence-electron chi connectivity index (χ3n) is 6.17. The van der Waals surface area contributed by atoms with Crippen LogP contribution >= 0.6 is 0 Å². The molecule has 5 rings (SSSR count). The summed E-state index contributed by atoms with van der Waals surface area (Å²) in [6, 6.07) is 11.0. The quantitative estimate of drug-likeness (QED) is 0.363. The lowest BCUT2D eigenvalue weighted by Gasteiger charge is -2.10. The van der Waals surface area contributed by atoms with E-state index >= 15 is 0 Å². The third kappa shape index (κ3) is 4.42. The van der Waals surface area contributed by atoms with Gasteiger partial charge in [-0.1, -0.05) is 0 Å². The van der Waals surface area contributed by atoms with Crippen molar-refractivity contribution >= 4 is 0 Å². The molecule has 3 heterocycles. The van der Waals surface area contributed by atoms with E-state index in [-0.39, 0.29) is 5.69 Å². The first-order valence-corrected chi connectivity index (χ1v) is 11.3. The van der Waals surface area contributed by atoms with Gasteiger partial charge in [0.2, 0.25) is 0 Å². The first-order valence-electron chi connectivity index (χ1n) is 11.3. The van der Waals surface area contributed by atoms with E-state index in [0.717, 1.165) is 40.5 Å². The number of halogens is 2. The second-order valence-corrected chi connectivity index (χ2v) is 8.74. The average molecular weight is 465 g/mol. The topological polar surface area (TPSA) is 70.7 Å². The van der Waals surface area contributed by atoms with Gasteiger partial charge in [0, 0.05) is 30.3 Å². The average Bonchev–Trinajstić information content (AvgIpc) is 3.49. The summed E-state index contributed by atoms with van der Waals surface area (Å²) in [7, 11) is 1.65. The number of aromatic nitrogens is 6. The van der Waals surface area contributed by atoms with E-state index in [1.807, 2.05) is 24.3 Å². The van der Waals surface area contributed by atoms with Gasteiger partial charge in [0.05, 0.1) is 24.2 Å². The van der Waals surface area contributed by atoms with Crippen molar-refractivity contribution in [3.63, 3.8) is 0 Å². The highest BCUT2D eigenvalue weighted by molar-refractivity contribution is 5.65. The molecule has 0 saturated heterocycles. The van der Waals surface area contributed by atoms with Crippen LogP contribution in [0.25, 0.3) is 17.1 Å². The Hall–Kier alpha value is -3.62. The number of rotatable bonds is 8. The Bertz CT molecular complexity index is 1310. The van der Waals surface area contributed by atoms with Crippen LogP contribution in [0.15, 0.2) is 42.7 Å². The Labute approximate surface area is 196 Å². The van der Waals surface area contributed by atoms with Crippen LogP contribution in [-0.2, 0) is 13.0 Å². The molecule has 9 heteroatoms. The summed E-state index contributed by atoms with van der Waals surface area (Å²) < 4.78 is 35.5. The van der Waals surface area contributed by atoms with Crippen molar-refractivity contribution in [2.75, 3.05) is 7.11 Å². The molecule has 0 amide bonds. The minimum absolute atomic E-state index is 0.182. The first kappa shape index (κ1) is 22.2. The van der Waals surface area contributed by atoms with Crippen molar-refractivity contribution in [1.82, 2.24) is 29.5 Å². The molecule has 0 N–H and O–H groups in total. The Morgan fingerprint density at radius 2 is 1.82 bits per heavy atom. The van der Waals surface area contributed by atoms with Gasteiger partial charge in [0.15, 0.2) is 5.82 Å². The Morgan fingerprint density at radius 3 is 2.50 bits per heavy atom. The second kappa shape index (κ2) is 8.96. The Kier molecular flexibility index (Phi) is 5.85. The number of nitrogens with zero attached hydrogens (tertiary/aromatic N) is 6. The van der Waals surface area contributed by atoms with E-state index in [1.54, 1.807) is 20.1 Å². The van der Waals surface area contributed by atoms with Crippen LogP contribution < -0.4 is 4.74 Å². The Balaban J connectivity index is 1.50. The molecule has 1 fully saturated rings. The van der Waals surface area contributed by atoms with Gasteiger partial charge < -0.3 is 4.74 Å². The van der Waals surface area contributed by atoms with Gasteiger partial charge in [0.1, 0.15) is 17.8 Å². The molecule has 4 aromatic rings. The zero-order valence-electron chi connectivity index (χ0n) is 19.4. The predicted molar refractivity (Wildman–Crippen MR) is 123 cm³/mol. The van der Waals surface area contributed by atoms with Crippen molar-refractivity contribution < 1.29 is 13.5 Å². The third-order valence-corrected chi connectivity index (χ3v) is 6.17. The molecular formula is C25H26F2N6O. The molecule has 0 radical (unpaired) electrons. The van der Waals surface area contributed by atoms with Gasteiger partial charge in [-0.2, -0.15) is 10.2 Å². The van der Waals surface area contributed by atoms with E-state index in [9.17, 15) is 8.78 Å². The lowest BCUT2D eigenvalue weighted by molar-refractivity contribution is 0.142. The molecule has 176 valence electrons. The van der Waals surface area contributed by atoms with Gasteiger partial charge in [-0.25, -0.2) is 23.4 Å². The van der Waals surface area contributed by atoms with Gasteiger partial charge in [-0.3, -0.25) is 4.68 Å². The lowest BCUT2D eigenvalue weighted by Crippen LogP contribution is -2.10. The minimum Gasteiger partial charge on any atom is -0.497 e. The largest absolute Gasteiger partial charge is 0.497 e. The monoisotopic (exact) mass is 464 g/mol. The summed E-state index contributed by atoms with van der Waals surface area (Å²) in [5, 5.41) is 9.16. The van der Waals surface area contributed by atoms with Crippen LogP contribution in [0.3, 0.4) is 0 Å². The lowest BCUT2D eigenvalue weighted by atomic mass is 10.0. The standard InChI is InChI=1S/C25H26F2N6O/c1-15-10-22(25(26)27)33(30-15)23-12-19(28-14-29-23)11-21-16(2)24(31-32(21)13-17-4-5-17)18-6-8-20(34-3)9-7-18/h6-10,12,14,17,25H,4-5,11,13H2,1-3H3. The van der Waals surface area contributed by atoms with Crippen molar-refractivity contribution in [3.05, 3.63) is 71.1 Å². The fraction of sp³-hybridized carbons (Fsp3) is 0.360. The molecule has 0 bridgehead atoms. The van der Waals surface area contributed by atoms with E-state index in [0.29, 0.717) is 23.9 Å². The minimum atomic E-state index is -2.64.